The SMILES string of the molecule is CNCC(Oc1cccc(F)c1F)c1ccccc1. The van der Waals surface area contributed by atoms with E-state index >= 15 is 0 Å². The lowest BCUT2D eigenvalue weighted by molar-refractivity contribution is 0.193. The molecular weight excluding hydrogens is 248 g/mol. The van der Waals surface area contributed by atoms with Gasteiger partial charge in [-0.15, -0.1) is 0 Å². The van der Waals surface area contributed by atoms with Crippen LogP contribution < -0.4 is 10.1 Å². The van der Waals surface area contributed by atoms with E-state index in [0.717, 1.165) is 11.6 Å². The quantitative estimate of drug-likeness (QED) is 0.893. The van der Waals surface area contributed by atoms with Crippen LogP contribution in [0, 0.1) is 11.6 Å². The largest absolute Gasteiger partial charge is 0.481 e. The zero-order valence-corrected chi connectivity index (χ0v) is 10.6. The van der Waals surface area contributed by atoms with Crippen LogP contribution in [0.2, 0.25) is 0 Å². The molecule has 2 rings (SSSR count). The fraction of sp³-hybridized carbons (Fsp3) is 0.200. The third kappa shape index (κ3) is 3.29. The molecule has 1 unspecified atom stereocenters. The Bertz CT molecular complexity index is 531. The average Bonchev–Trinajstić information content (AvgIpc) is 2.44. The van der Waals surface area contributed by atoms with Gasteiger partial charge in [-0.1, -0.05) is 36.4 Å². The van der Waals surface area contributed by atoms with E-state index in [9.17, 15) is 8.78 Å². The van der Waals surface area contributed by atoms with Crippen molar-refractivity contribution in [2.75, 3.05) is 13.6 Å². The van der Waals surface area contributed by atoms with Gasteiger partial charge in [0.05, 0.1) is 0 Å². The summed E-state index contributed by atoms with van der Waals surface area (Å²) in [5, 5.41) is 2.98. The fourth-order valence-corrected chi connectivity index (χ4v) is 1.81. The Morgan fingerprint density at radius 2 is 1.79 bits per heavy atom. The first-order valence-corrected chi connectivity index (χ1v) is 6.02. The van der Waals surface area contributed by atoms with E-state index in [4.69, 9.17) is 4.74 Å². The Hall–Kier alpha value is -1.94. The molecule has 0 aliphatic rings. The lowest BCUT2D eigenvalue weighted by Gasteiger charge is -2.19. The molecule has 1 N–H and O–H groups in total. The smallest absolute Gasteiger partial charge is 0.200 e. The van der Waals surface area contributed by atoms with Crippen LogP contribution in [0.25, 0.3) is 0 Å². The average molecular weight is 263 g/mol. The standard InChI is InChI=1S/C15H15F2NO/c1-18-10-14(11-6-3-2-4-7-11)19-13-9-5-8-12(16)15(13)17/h2-9,14,18H,10H2,1H3. The Labute approximate surface area is 111 Å². The van der Waals surface area contributed by atoms with Crippen LogP contribution in [0.1, 0.15) is 11.7 Å². The molecule has 0 aromatic heterocycles. The van der Waals surface area contributed by atoms with Crippen LogP contribution in [-0.2, 0) is 0 Å². The zero-order valence-electron chi connectivity index (χ0n) is 10.6. The molecule has 0 radical (unpaired) electrons. The number of halogens is 2. The Balaban J connectivity index is 2.24. The van der Waals surface area contributed by atoms with Gasteiger partial charge in [-0.2, -0.15) is 4.39 Å². The van der Waals surface area contributed by atoms with Gasteiger partial charge in [0.1, 0.15) is 6.10 Å². The van der Waals surface area contributed by atoms with Crippen LogP contribution in [0.4, 0.5) is 8.78 Å². The fourth-order valence-electron chi connectivity index (χ4n) is 1.81. The van der Waals surface area contributed by atoms with E-state index in [1.54, 1.807) is 7.05 Å². The van der Waals surface area contributed by atoms with E-state index in [-0.39, 0.29) is 11.9 Å². The highest BCUT2D eigenvalue weighted by atomic mass is 19.2. The molecule has 0 saturated carbocycles. The number of likely N-dealkylation sites (N-methyl/N-ethyl adjacent to an activating group) is 1. The second-order valence-corrected chi connectivity index (χ2v) is 4.13. The molecule has 2 aromatic carbocycles. The van der Waals surface area contributed by atoms with Crippen LogP contribution >= 0.6 is 0 Å². The van der Waals surface area contributed by atoms with E-state index in [1.165, 1.54) is 12.1 Å². The normalized spacial score (nSPS) is 12.2. The van der Waals surface area contributed by atoms with E-state index < -0.39 is 11.6 Å². The van der Waals surface area contributed by atoms with Gasteiger partial charge in [-0.05, 0) is 24.7 Å². The number of benzene rings is 2. The van der Waals surface area contributed by atoms with Crippen molar-refractivity contribution in [1.82, 2.24) is 5.32 Å². The maximum atomic E-state index is 13.6. The Morgan fingerprint density at radius 3 is 2.47 bits per heavy atom. The summed E-state index contributed by atoms with van der Waals surface area (Å²) in [7, 11) is 1.78. The molecule has 0 heterocycles. The van der Waals surface area contributed by atoms with Crippen LogP contribution in [0.5, 0.6) is 5.75 Å². The number of hydrogen-bond acceptors (Lipinski definition) is 2. The predicted molar refractivity (Wildman–Crippen MR) is 70.1 cm³/mol. The Kier molecular flexibility index (Phi) is 4.47. The first kappa shape index (κ1) is 13.5. The predicted octanol–water partition coefficient (Wildman–Crippen LogP) is 3.30. The summed E-state index contributed by atoms with van der Waals surface area (Å²) >= 11 is 0. The van der Waals surface area contributed by atoms with E-state index in [2.05, 4.69) is 5.32 Å². The van der Waals surface area contributed by atoms with Gasteiger partial charge in [0.25, 0.3) is 0 Å². The highest BCUT2D eigenvalue weighted by Crippen LogP contribution is 2.25. The molecule has 0 spiro atoms. The van der Waals surface area contributed by atoms with Gasteiger partial charge in [0.2, 0.25) is 5.82 Å². The first-order valence-electron chi connectivity index (χ1n) is 6.02. The lowest BCUT2D eigenvalue weighted by atomic mass is 10.1. The maximum Gasteiger partial charge on any atom is 0.200 e. The summed E-state index contributed by atoms with van der Waals surface area (Å²) in [6, 6.07) is 13.3. The second-order valence-electron chi connectivity index (χ2n) is 4.13. The summed E-state index contributed by atoms with van der Waals surface area (Å²) in [6.45, 7) is 0.500. The highest BCUT2D eigenvalue weighted by Gasteiger charge is 2.16. The highest BCUT2D eigenvalue weighted by molar-refractivity contribution is 5.27. The molecule has 0 fully saturated rings. The molecule has 0 saturated heterocycles. The van der Waals surface area contributed by atoms with Crippen LogP contribution in [0.15, 0.2) is 48.5 Å². The zero-order chi connectivity index (χ0) is 13.7. The summed E-state index contributed by atoms with van der Waals surface area (Å²) in [5.41, 5.74) is 0.903. The third-order valence-electron chi connectivity index (χ3n) is 2.75. The van der Waals surface area contributed by atoms with Crippen molar-refractivity contribution in [3.63, 3.8) is 0 Å². The Morgan fingerprint density at radius 1 is 1.05 bits per heavy atom. The maximum absolute atomic E-state index is 13.6. The van der Waals surface area contributed by atoms with Crippen LogP contribution in [0.3, 0.4) is 0 Å². The minimum atomic E-state index is -0.959. The van der Waals surface area contributed by atoms with Crippen molar-refractivity contribution in [3.05, 3.63) is 65.7 Å². The molecule has 4 heteroatoms. The van der Waals surface area contributed by atoms with Crippen molar-refractivity contribution < 1.29 is 13.5 Å². The van der Waals surface area contributed by atoms with Crippen molar-refractivity contribution in [2.24, 2.45) is 0 Å². The molecule has 100 valence electrons. The molecule has 0 amide bonds. The van der Waals surface area contributed by atoms with Gasteiger partial charge in [-0.25, -0.2) is 4.39 Å². The van der Waals surface area contributed by atoms with Crippen LogP contribution in [-0.4, -0.2) is 13.6 Å². The molecular formula is C15H15F2NO. The molecule has 0 bridgehead atoms. The number of hydrogen-bond donors (Lipinski definition) is 1. The summed E-state index contributed by atoms with van der Waals surface area (Å²) < 4.78 is 32.3. The van der Waals surface area contributed by atoms with Crippen molar-refractivity contribution >= 4 is 0 Å². The van der Waals surface area contributed by atoms with Gasteiger partial charge in [-0.3, -0.25) is 0 Å². The minimum absolute atomic E-state index is 0.0795. The summed E-state index contributed by atoms with van der Waals surface area (Å²) in [5.74, 6) is -1.95. The molecule has 2 nitrogen and oxygen atoms in total. The molecule has 0 aliphatic heterocycles. The summed E-state index contributed by atoms with van der Waals surface area (Å²) in [4.78, 5) is 0. The minimum Gasteiger partial charge on any atom is -0.481 e. The molecule has 2 aromatic rings. The monoisotopic (exact) mass is 263 g/mol. The second kappa shape index (κ2) is 6.29. The van der Waals surface area contributed by atoms with Crippen molar-refractivity contribution in [2.45, 2.75) is 6.10 Å². The summed E-state index contributed by atoms with van der Waals surface area (Å²) in [6.07, 6.45) is -0.373. The molecule has 0 aliphatic carbocycles. The van der Waals surface area contributed by atoms with Gasteiger partial charge < -0.3 is 10.1 Å². The van der Waals surface area contributed by atoms with Gasteiger partial charge in [0.15, 0.2) is 11.6 Å². The first-order chi connectivity index (χ1) is 9.22. The number of rotatable bonds is 5. The third-order valence-corrected chi connectivity index (χ3v) is 2.75. The van der Waals surface area contributed by atoms with Gasteiger partial charge >= 0.3 is 0 Å². The molecule has 1 atom stereocenters. The van der Waals surface area contributed by atoms with Gasteiger partial charge in [0, 0.05) is 6.54 Å². The van der Waals surface area contributed by atoms with E-state index in [1.807, 2.05) is 30.3 Å². The van der Waals surface area contributed by atoms with E-state index in [0.29, 0.717) is 6.54 Å². The molecule has 19 heavy (non-hydrogen) atoms. The number of nitrogens with one attached hydrogen (secondary N) is 1. The number of ether oxygens (including phenoxy) is 1. The lowest BCUT2D eigenvalue weighted by Crippen LogP contribution is -2.22. The van der Waals surface area contributed by atoms with Crippen molar-refractivity contribution in [1.29, 1.82) is 0 Å². The topological polar surface area (TPSA) is 21.3 Å². The van der Waals surface area contributed by atoms with Crippen molar-refractivity contribution in [3.8, 4) is 5.75 Å².